The molecule has 1 aromatic carbocycles. The molecule has 1 unspecified atom stereocenters. The third-order valence-corrected chi connectivity index (χ3v) is 3.30. The molecule has 0 saturated carbocycles. The topological polar surface area (TPSA) is 95.9 Å². The number of urea groups is 1. The Morgan fingerprint density at radius 1 is 1.48 bits per heavy atom. The van der Waals surface area contributed by atoms with E-state index < -0.39 is 35.8 Å². The first-order chi connectivity index (χ1) is 9.79. The number of carboxylic acids is 1. The van der Waals surface area contributed by atoms with Crippen molar-refractivity contribution in [2.45, 2.75) is 12.5 Å². The van der Waals surface area contributed by atoms with Crippen LogP contribution in [0.1, 0.15) is 12.5 Å². The van der Waals surface area contributed by atoms with Crippen LogP contribution < -0.4 is 10.1 Å². The van der Waals surface area contributed by atoms with Gasteiger partial charge in [0.25, 0.3) is 5.91 Å². The van der Waals surface area contributed by atoms with Gasteiger partial charge in [-0.05, 0) is 24.6 Å². The fourth-order valence-electron chi connectivity index (χ4n) is 2.15. The fraction of sp³-hybridized carbons (Fsp3) is 0.308. The zero-order chi connectivity index (χ0) is 15.8. The Bertz CT molecular complexity index is 633. The number of methoxy groups -OCH3 is 1. The number of imide groups is 1. The summed E-state index contributed by atoms with van der Waals surface area (Å²) in [7, 11) is 1.30. The summed E-state index contributed by atoms with van der Waals surface area (Å²) in [5.41, 5.74) is -1.31. The lowest BCUT2D eigenvalue weighted by Crippen LogP contribution is -2.41. The van der Waals surface area contributed by atoms with Crippen LogP contribution in [0.2, 0.25) is 0 Å². The van der Waals surface area contributed by atoms with Crippen molar-refractivity contribution >= 4 is 17.9 Å². The maximum absolute atomic E-state index is 13.7. The van der Waals surface area contributed by atoms with E-state index in [0.29, 0.717) is 4.90 Å². The summed E-state index contributed by atoms with van der Waals surface area (Å²) in [6.07, 6.45) is 0. The van der Waals surface area contributed by atoms with E-state index in [0.717, 1.165) is 6.07 Å². The smallest absolute Gasteiger partial charge is 0.325 e. The number of carbonyl (C=O) groups is 3. The molecule has 1 aliphatic heterocycles. The molecule has 112 valence electrons. The van der Waals surface area contributed by atoms with Crippen molar-refractivity contribution in [1.82, 2.24) is 10.2 Å². The first-order valence-corrected chi connectivity index (χ1v) is 5.99. The van der Waals surface area contributed by atoms with Gasteiger partial charge in [0.05, 0.1) is 7.11 Å². The van der Waals surface area contributed by atoms with Crippen molar-refractivity contribution in [3.8, 4) is 5.75 Å². The van der Waals surface area contributed by atoms with Gasteiger partial charge in [-0.15, -0.1) is 0 Å². The van der Waals surface area contributed by atoms with E-state index >= 15 is 0 Å². The summed E-state index contributed by atoms with van der Waals surface area (Å²) < 4.78 is 18.5. The predicted octanol–water partition coefficient (Wildman–Crippen LogP) is 0.686. The van der Waals surface area contributed by atoms with Gasteiger partial charge in [0.15, 0.2) is 11.6 Å². The Hall–Kier alpha value is -2.64. The van der Waals surface area contributed by atoms with E-state index in [1.54, 1.807) is 0 Å². The van der Waals surface area contributed by atoms with Gasteiger partial charge >= 0.3 is 12.0 Å². The molecule has 7 nitrogen and oxygen atoms in total. The molecule has 2 rings (SSSR count). The molecule has 1 saturated heterocycles. The van der Waals surface area contributed by atoms with Crippen LogP contribution in [-0.4, -0.2) is 41.6 Å². The maximum atomic E-state index is 13.7. The van der Waals surface area contributed by atoms with Crippen LogP contribution in [0.3, 0.4) is 0 Å². The van der Waals surface area contributed by atoms with Crippen molar-refractivity contribution in [2.24, 2.45) is 0 Å². The first-order valence-electron chi connectivity index (χ1n) is 5.99. The van der Waals surface area contributed by atoms with Crippen molar-refractivity contribution in [2.75, 3.05) is 13.7 Å². The SMILES string of the molecule is COc1ccc(C2(C)NC(=O)N(CC(=O)O)C2=O)cc1F. The third-order valence-electron chi connectivity index (χ3n) is 3.30. The van der Waals surface area contributed by atoms with Gasteiger partial charge in [-0.25, -0.2) is 9.18 Å². The predicted molar refractivity (Wildman–Crippen MR) is 68.2 cm³/mol. The number of nitrogens with zero attached hydrogens (tertiary/aromatic N) is 1. The lowest BCUT2D eigenvalue weighted by atomic mass is 9.92. The van der Waals surface area contributed by atoms with Gasteiger partial charge in [-0.2, -0.15) is 0 Å². The second-order valence-corrected chi connectivity index (χ2v) is 4.69. The van der Waals surface area contributed by atoms with Crippen LogP contribution in [0.25, 0.3) is 0 Å². The molecule has 1 aliphatic rings. The Kier molecular flexibility index (Phi) is 3.54. The third kappa shape index (κ3) is 2.39. The summed E-state index contributed by atoms with van der Waals surface area (Å²) >= 11 is 0. The maximum Gasteiger partial charge on any atom is 0.325 e. The van der Waals surface area contributed by atoms with Crippen LogP contribution in [0.5, 0.6) is 5.75 Å². The number of rotatable bonds is 4. The number of amides is 3. The summed E-state index contributed by atoms with van der Waals surface area (Å²) in [4.78, 5) is 35.2. The zero-order valence-electron chi connectivity index (χ0n) is 11.3. The van der Waals surface area contributed by atoms with Crippen LogP contribution in [0.15, 0.2) is 18.2 Å². The van der Waals surface area contributed by atoms with Crippen molar-refractivity contribution in [1.29, 1.82) is 0 Å². The standard InChI is InChI=1S/C13H13FN2O5/c1-13(7-3-4-9(21-2)8(14)5-7)11(19)16(6-10(17)18)12(20)15-13/h3-5H,6H2,1-2H3,(H,15,20)(H,17,18). The summed E-state index contributed by atoms with van der Waals surface area (Å²) in [5.74, 6) is -2.75. The molecule has 0 spiro atoms. The normalized spacial score (nSPS) is 21.4. The molecule has 1 heterocycles. The molecule has 2 N–H and O–H groups in total. The Morgan fingerprint density at radius 2 is 2.14 bits per heavy atom. The molecule has 1 aromatic rings. The Labute approximate surface area is 119 Å². The molecule has 0 radical (unpaired) electrons. The first kappa shape index (κ1) is 14.8. The number of hydrogen-bond acceptors (Lipinski definition) is 4. The van der Waals surface area contributed by atoms with Gasteiger partial charge in [-0.3, -0.25) is 14.5 Å². The molecule has 21 heavy (non-hydrogen) atoms. The van der Waals surface area contributed by atoms with Gasteiger partial charge < -0.3 is 15.2 Å². The molecule has 0 aromatic heterocycles. The van der Waals surface area contributed by atoms with Gasteiger partial charge in [0, 0.05) is 0 Å². The van der Waals surface area contributed by atoms with E-state index in [4.69, 9.17) is 9.84 Å². The van der Waals surface area contributed by atoms with Crippen LogP contribution in [-0.2, 0) is 15.1 Å². The van der Waals surface area contributed by atoms with E-state index in [9.17, 15) is 18.8 Å². The highest BCUT2D eigenvalue weighted by atomic mass is 19.1. The molecular weight excluding hydrogens is 283 g/mol. The van der Waals surface area contributed by atoms with Crippen LogP contribution in [0.4, 0.5) is 9.18 Å². The number of aliphatic carboxylic acids is 1. The Morgan fingerprint density at radius 3 is 2.67 bits per heavy atom. The molecule has 0 bridgehead atoms. The minimum Gasteiger partial charge on any atom is -0.494 e. The summed E-state index contributed by atoms with van der Waals surface area (Å²) in [6.45, 7) is 0.634. The lowest BCUT2D eigenvalue weighted by molar-refractivity contribution is -0.142. The average Bonchev–Trinajstić information content (AvgIpc) is 2.63. The highest BCUT2D eigenvalue weighted by molar-refractivity contribution is 6.08. The van der Waals surface area contributed by atoms with Crippen LogP contribution >= 0.6 is 0 Å². The second-order valence-electron chi connectivity index (χ2n) is 4.69. The molecule has 8 heteroatoms. The summed E-state index contributed by atoms with van der Waals surface area (Å²) in [6, 6.07) is 3.00. The van der Waals surface area contributed by atoms with Crippen molar-refractivity contribution in [3.63, 3.8) is 0 Å². The van der Waals surface area contributed by atoms with Gasteiger partial charge in [-0.1, -0.05) is 6.07 Å². The van der Waals surface area contributed by atoms with Crippen molar-refractivity contribution in [3.05, 3.63) is 29.6 Å². The quantitative estimate of drug-likeness (QED) is 0.797. The van der Waals surface area contributed by atoms with Crippen LogP contribution in [0, 0.1) is 5.82 Å². The number of benzene rings is 1. The lowest BCUT2D eigenvalue weighted by Gasteiger charge is -2.22. The molecule has 1 atom stereocenters. The van der Waals surface area contributed by atoms with E-state index in [1.165, 1.54) is 26.2 Å². The number of halogens is 1. The zero-order valence-corrected chi connectivity index (χ0v) is 11.3. The van der Waals surface area contributed by atoms with E-state index in [2.05, 4.69) is 5.32 Å². The van der Waals surface area contributed by atoms with Gasteiger partial charge in [0.1, 0.15) is 12.1 Å². The second kappa shape index (κ2) is 5.04. The minimum absolute atomic E-state index is 0.00140. The fourth-order valence-corrected chi connectivity index (χ4v) is 2.15. The number of nitrogens with one attached hydrogen (secondary N) is 1. The number of carboxylic acid groups (broad SMARTS) is 1. The molecular formula is C13H13FN2O5. The number of carbonyl (C=O) groups excluding carboxylic acids is 2. The molecule has 0 aliphatic carbocycles. The number of ether oxygens (including phenoxy) is 1. The largest absolute Gasteiger partial charge is 0.494 e. The average molecular weight is 296 g/mol. The van der Waals surface area contributed by atoms with Gasteiger partial charge in [0.2, 0.25) is 0 Å². The highest BCUT2D eigenvalue weighted by Crippen LogP contribution is 2.31. The van der Waals surface area contributed by atoms with Crippen molar-refractivity contribution < 1.29 is 28.6 Å². The highest BCUT2D eigenvalue weighted by Gasteiger charge is 2.49. The minimum atomic E-state index is -1.51. The molecule has 1 fully saturated rings. The summed E-state index contributed by atoms with van der Waals surface area (Å²) in [5, 5.41) is 11.1. The monoisotopic (exact) mass is 296 g/mol. The Balaban J connectivity index is 2.39. The molecule has 3 amide bonds. The number of hydrogen-bond donors (Lipinski definition) is 2. The van der Waals surface area contributed by atoms with E-state index in [1.807, 2.05) is 0 Å². The van der Waals surface area contributed by atoms with E-state index in [-0.39, 0.29) is 11.3 Å².